The van der Waals surface area contributed by atoms with Crippen LogP contribution in [-0.4, -0.2) is 42.8 Å². The predicted octanol–water partition coefficient (Wildman–Crippen LogP) is 0.762. The average Bonchev–Trinajstić information content (AvgIpc) is 2.51. The van der Waals surface area contributed by atoms with Crippen molar-refractivity contribution in [1.82, 2.24) is 10.3 Å². The molecule has 1 amide bonds. The normalized spacial score (nSPS) is 11.9. The Balaban J connectivity index is 2.23. The number of carbonyl (C=O) groups excluding carboxylic acids is 1. The molecular weight excluding hydrogens is 258 g/mol. The number of hydrogen-bond acceptors (Lipinski definition) is 5. The molecule has 0 bridgehead atoms. The van der Waals surface area contributed by atoms with Gasteiger partial charge >= 0.3 is 0 Å². The van der Waals surface area contributed by atoms with Crippen LogP contribution in [0.4, 0.5) is 5.69 Å². The third-order valence-electron chi connectivity index (χ3n) is 2.98. The molecule has 2 rings (SSSR count). The zero-order valence-electron chi connectivity index (χ0n) is 11.4. The number of ether oxygens (including phenoxy) is 1. The highest BCUT2D eigenvalue weighted by Gasteiger charge is 2.13. The summed E-state index contributed by atoms with van der Waals surface area (Å²) in [5.41, 5.74) is 1.60. The third-order valence-corrected chi connectivity index (χ3v) is 2.98. The summed E-state index contributed by atoms with van der Waals surface area (Å²) in [6, 6.07) is 7.34. The number of benzene rings is 1. The van der Waals surface area contributed by atoms with Gasteiger partial charge in [-0.15, -0.1) is 0 Å². The van der Waals surface area contributed by atoms with Crippen LogP contribution in [0.5, 0.6) is 5.75 Å². The lowest BCUT2D eigenvalue weighted by Gasteiger charge is -2.13. The molecule has 1 unspecified atom stereocenters. The van der Waals surface area contributed by atoms with Crippen LogP contribution < -0.4 is 15.4 Å². The maximum absolute atomic E-state index is 11.3. The van der Waals surface area contributed by atoms with E-state index in [4.69, 9.17) is 4.74 Å². The largest absolute Gasteiger partial charge is 0.497 e. The first-order valence-corrected chi connectivity index (χ1v) is 6.22. The van der Waals surface area contributed by atoms with Gasteiger partial charge in [-0.1, -0.05) is 0 Å². The monoisotopic (exact) mass is 275 g/mol. The van der Waals surface area contributed by atoms with Gasteiger partial charge in [-0.05, 0) is 24.3 Å². The van der Waals surface area contributed by atoms with Gasteiger partial charge in [-0.25, -0.2) is 0 Å². The fraction of sp³-hybridized carbons (Fsp3) is 0.286. The molecule has 6 heteroatoms. The van der Waals surface area contributed by atoms with Gasteiger partial charge in [-0.2, -0.15) is 0 Å². The van der Waals surface area contributed by atoms with Crippen LogP contribution in [0.15, 0.2) is 30.5 Å². The van der Waals surface area contributed by atoms with Crippen molar-refractivity contribution in [3.05, 3.63) is 30.5 Å². The lowest BCUT2D eigenvalue weighted by molar-refractivity contribution is -0.128. The molecular formula is C14H17N3O3. The number of nitrogens with zero attached hydrogens (tertiary/aromatic N) is 1. The lowest BCUT2D eigenvalue weighted by Crippen LogP contribution is -2.36. The molecule has 1 aromatic heterocycles. The standard InChI is InChI=1S/C14H17N3O3/c1-15-14(19)13(18)8-17-12-5-6-16-11-4-3-9(20-2)7-10(11)12/h3-7,13,18H,8H2,1-2H3,(H,15,19)(H,16,17). The molecule has 0 aliphatic heterocycles. The van der Waals surface area contributed by atoms with Crippen molar-refractivity contribution in [1.29, 1.82) is 0 Å². The van der Waals surface area contributed by atoms with Crippen molar-refractivity contribution < 1.29 is 14.6 Å². The zero-order valence-corrected chi connectivity index (χ0v) is 11.4. The Morgan fingerprint density at radius 3 is 2.95 bits per heavy atom. The third kappa shape index (κ3) is 2.97. The van der Waals surface area contributed by atoms with Gasteiger partial charge in [-0.3, -0.25) is 9.78 Å². The molecule has 0 saturated carbocycles. The number of carbonyl (C=O) groups is 1. The summed E-state index contributed by atoms with van der Waals surface area (Å²) in [5, 5.41) is 16.0. The van der Waals surface area contributed by atoms with Gasteiger partial charge in [0.05, 0.1) is 12.6 Å². The number of pyridine rings is 1. The van der Waals surface area contributed by atoms with E-state index in [2.05, 4.69) is 15.6 Å². The van der Waals surface area contributed by atoms with Gasteiger partial charge in [0.2, 0.25) is 5.91 Å². The van der Waals surface area contributed by atoms with Gasteiger partial charge in [0.15, 0.2) is 0 Å². The zero-order chi connectivity index (χ0) is 14.5. The number of nitrogens with one attached hydrogen (secondary N) is 2. The Hall–Kier alpha value is -2.34. The SMILES string of the molecule is CNC(=O)C(O)CNc1ccnc2ccc(OC)cc12. The molecule has 0 radical (unpaired) electrons. The van der Waals surface area contributed by atoms with Crippen molar-refractivity contribution in [3.63, 3.8) is 0 Å². The minimum atomic E-state index is -1.10. The first-order valence-electron chi connectivity index (χ1n) is 6.22. The Bertz CT molecular complexity index is 616. The summed E-state index contributed by atoms with van der Waals surface area (Å²) in [6.07, 6.45) is 0.567. The second-order valence-corrected chi connectivity index (χ2v) is 4.25. The highest BCUT2D eigenvalue weighted by molar-refractivity contribution is 5.92. The molecule has 1 aromatic carbocycles. The summed E-state index contributed by atoms with van der Waals surface area (Å²) in [7, 11) is 3.08. The van der Waals surface area contributed by atoms with E-state index in [1.54, 1.807) is 19.4 Å². The Morgan fingerprint density at radius 2 is 2.25 bits per heavy atom. The van der Waals surface area contributed by atoms with Crippen LogP contribution >= 0.6 is 0 Å². The highest BCUT2D eigenvalue weighted by atomic mass is 16.5. The number of aliphatic hydroxyl groups excluding tert-OH is 1. The first kappa shape index (κ1) is 14.1. The van der Waals surface area contributed by atoms with E-state index in [0.29, 0.717) is 0 Å². The lowest BCUT2D eigenvalue weighted by atomic mass is 10.1. The second kappa shape index (κ2) is 6.21. The van der Waals surface area contributed by atoms with Crippen molar-refractivity contribution in [3.8, 4) is 5.75 Å². The number of aromatic nitrogens is 1. The van der Waals surface area contributed by atoms with E-state index in [1.807, 2.05) is 18.2 Å². The molecule has 1 atom stereocenters. The molecule has 0 spiro atoms. The van der Waals surface area contributed by atoms with E-state index < -0.39 is 12.0 Å². The molecule has 20 heavy (non-hydrogen) atoms. The topological polar surface area (TPSA) is 83.5 Å². The maximum atomic E-state index is 11.3. The number of methoxy groups -OCH3 is 1. The predicted molar refractivity (Wildman–Crippen MR) is 76.9 cm³/mol. The smallest absolute Gasteiger partial charge is 0.250 e. The minimum Gasteiger partial charge on any atom is -0.497 e. The van der Waals surface area contributed by atoms with Crippen LogP contribution in [0, 0.1) is 0 Å². The van der Waals surface area contributed by atoms with E-state index in [-0.39, 0.29) is 6.54 Å². The molecule has 3 N–H and O–H groups in total. The number of amides is 1. The minimum absolute atomic E-state index is 0.121. The molecule has 2 aromatic rings. The Morgan fingerprint density at radius 1 is 1.45 bits per heavy atom. The number of aliphatic hydroxyl groups is 1. The van der Waals surface area contributed by atoms with Crippen molar-refractivity contribution in [2.75, 3.05) is 26.0 Å². The van der Waals surface area contributed by atoms with Gasteiger partial charge < -0.3 is 20.5 Å². The van der Waals surface area contributed by atoms with E-state index in [0.717, 1.165) is 22.3 Å². The van der Waals surface area contributed by atoms with Crippen LogP contribution in [0.1, 0.15) is 0 Å². The summed E-state index contributed by atoms with van der Waals surface area (Å²) in [4.78, 5) is 15.5. The summed E-state index contributed by atoms with van der Waals surface area (Å²) in [6.45, 7) is 0.121. The number of fused-ring (bicyclic) bond motifs is 1. The van der Waals surface area contributed by atoms with Crippen LogP contribution in [0.3, 0.4) is 0 Å². The number of likely N-dealkylation sites (N-methyl/N-ethyl adjacent to an activating group) is 1. The van der Waals surface area contributed by atoms with E-state index in [9.17, 15) is 9.90 Å². The van der Waals surface area contributed by atoms with Crippen molar-refractivity contribution in [2.24, 2.45) is 0 Å². The molecule has 6 nitrogen and oxygen atoms in total. The van der Waals surface area contributed by atoms with E-state index >= 15 is 0 Å². The van der Waals surface area contributed by atoms with Gasteiger partial charge in [0.25, 0.3) is 0 Å². The summed E-state index contributed by atoms with van der Waals surface area (Å²) < 4.78 is 5.19. The molecule has 0 saturated heterocycles. The maximum Gasteiger partial charge on any atom is 0.250 e. The fourth-order valence-electron chi connectivity index (χ4n) is 1.87. The summed E-state index contributed by atoms with van der Waals surface area (Å²) in [5.74, 6) is 0.300. The quantitative estimate of drug-likeness (QED) is 0.750. The number of rotatable bonds is 5. The van der Waals surface area contributed by atoms with Gasteiger partial charge in [0, 0.05) is 30.9 Å². The molecule has 0 aliphatic rings. The van der Waals surface area contributed by atoms with Crippen LogP contribution in [0.25, 0.3) is 10.9 Å². The Kier molecular flexibility index (Phi) is 4.37. The first-order chi connectivity index (χ1) is 9.65. The van der Waals surface area contributed by atoms with Crippen molar-refractivity contribution in [2.45, 2.75) is 6.10 Å². The molecule has 0 aliphatic carbocycles. The van der Waals surface area contributed by atoms with Crippen LogP contribution in [0.2, 0.25) is 0 Å². The fourth-order valence-corrected chi connectivity index (χ4v) is 1.87. The number of anilines is 1. The summed E-state index contributed by atoms with van der Waals surface area (Å²) >= 11 is 0. The Labute approximate surface area is 116 Å². The molecule has 1 heterocycles. The molecule has 0 fully saturated rings. The van der Waals surface area contributed by atoms with Gasteiger partial charge in [0.1, 0.15) is 11.9 Å². The highest BCUT2D eigenvalue weighted by Crippen LogP contribution is 2.25. The van der Waals surface area contributed by atoms with Crippen LogP contribution in [-0.2, 0) is 4.79 Å². The van der Waals surface area contributed by atoms with Crippen molar-refractivity contribution >= 4 is 22.5 Å². The molecule has 106 valence electrons. The number of hydrogen-bond donors (Lipinski definition) is 3. The average molecular weight is 275 g/mol. The van der Waals surface area contributed by atoms with E-state index in [1.165, 1.54) is 7.05 Å². The second-order valence-electron chi connectivity index (χ2n) is 4.25.